The second-order valence-electron chi connectivity index (χ2n) is 3.27. The number of rotatable bonds is 9. The van der Waals surface area contributed by atoms with Crippen LogP contribution in [0.3, 0.4) is 0 Å². The lowest BCUT2D eigenvalue weighted by molar-refractivity contribution is 0.113. The van der Waals surface area contributed by atoms with Crippen LogP contribution in [0.1, 0.15) is 12.8 Å². The summed E-state index contributed by atoms with van der Waals surface area (Å²) < 4.78 is 20.8. The van der Waals surface area contributed by atoms with E-state index in [1.54, 1.807) is 14.2 Å². The molecule has 1 fully saturated rings. The van der Waals surface area contributed by atoms with Crippen molar-refractivity contribution >= 4 is 9.28 Å². The Kier molecular flexibility index (Phi) is 6.38. The van der Waals surface area contributed by atoms with Crippen LogP contribution in [0.25, 0.3) is 0 Å². The molecule has 1 rings (SSSR count). The van der Waals surface area contributed by atoms with Gasteiger partial charge in [0.25, 0.3) is 0 Å². The van der Waals surface area contributed by atoms with Gasteiger partial charge in [-0.3, -0.25) is 0 Å². The Morgan fingerprint density at radius 3 is 2.57 bits per heavy atom. The first-order chi connectivity index (χ1) is 6.86. The Labute approximate surface area is 87.3 Å². The molecule has 0 aromatic heterocycles. The standard InChI is InChI=1S/C9H19O4Si/c1-10-14(11-2)6-4-3-5-12-7-9-8-13-9/h9H,3-8H2,1-2H3. The summed E-state index contributed by atoms with van der Waals surface area (Å²) in [5.41, 5.74) is 0. The van der Waals surface area contributed by atoms with Gasteiger partial charge in [-0.25, -0.2) is 0 Å². The second-order valence-corrected chi connectivity index (χ2v) is 5.33. The van der Waals surface area contributed by atoms with Crippen LogP contribution < -0.4 is 0 Å². The maximum absolute atomic E-state index is 5.41. The SMILES string of the molecule is CO[Si](CCCCOCC1CO1)OC. The van der Waals surface area contributed by atoms with Gasteiger partial charge < -0.3 is 18.3 Å². The van der Waals surface area contributed by atoms with Gasteiger partial charge in [-0.1, -0.05) is 0 Å². The number of hydrogen-bond donors (Lipinski definition) is 0. The van der Waals surface area contributed by atoms with Gasteiger partial charge in [0.05, 0.1) is 13.2 Å². The highest BCUT2D eigenvalue weighted by Gasteiger charge is 2.21. The van der Waals surface area contributed by atoms with Crippen molar-refractivity contribution in [1.29, 1.82) is 0 Å². The highest BCUT2D eigenvalue weighted by atomic mass is 28.3. The molecule has 1 saturated heterocycles. The van der Waals surface area contributed by atoms with Crippen LogP contribution in [0.5, 0.6) is 0 Å². The van der Waals surface area contributed by atoms with Crippen molar-refractivity contribution in [3.63, 3.8) is 0 Å². The van der Waals surface area contributed by atoms with Crippen molar-refractivity contribution < 1.29 is 18.3 Å². The Morgan fingerprint density at radius 2 is 2.00 bits per heavy atom. The van der Waals surface area contributed by atoms with E-state index in [2.05, 4.69) is 0 Å². The van der Waals surface area contributed by atoms with Crippen LogP contribution >= 0.6 is 0 Å². The van der Waals surface area contributed by atoms with Gasteiger partial charge in [0.15, 0.2) is 0 Å². The van der Waals surface area contributed by atoms with Gasteiger partial charge in [-0.15, -0.1) is 0 Å². The minimum atomic E-state index is -0.994. The molecule has 1 aliphatic rings. The summed E-state index contributed by atoms with van der Waals surface area (Å²) in [6, 6.07) is 1.03. The molecule has 1 atom stereocenters. The number of unbranched alkanes of at least 4 members (excludes halogenated alkanes) is 1. The van der Waals surface area contributed by atoms with E-state index >= 15 is 0 Å². The highest BCUT2D eigenvalue weighted by molar-refractivity contribution is 6.44. The lowest BCUT2D eigenvalue weighted by atomic mass is 10.3. The average molecular weight is 219 g/mol. The third-order valence-electron chi connectivity index (χ3n) is 2.08. The zero-order chi connectivity index (χ0) is 10.2. The maximum Gasteiger partial charge on any atom is 0.384 e. The van der Waals surface area contributed by atoms with Gasteiger partial charge in [0, 0.05) is 20.8 Å². The van der Waals surface area contributed by atoms with Crippen molar-refractivity contribution in [3.8, 4) is 0 Å². The van der Waals surface area contributed by atoms with Gasteiger partial charge in [-0.05, 0) is 18.9 Å². The van der Waals surface area contributed by atoms with E-state index < -0.39 is 9.28 Å². The van der Waals surface area contributed by atoms with Crippen molar-refractivity contribution in [2.24, 2.45) is 0 Å². The fourth-order valence-electron chi connectivity index (χ4n) is 1.14. The molecule has 5 heteroatoms. The third-order valence-corrected chi connectivity index (χ3v) is 3.75. The van der Waals surface area contributed by atoms with Crippen LogP contribution in [0.4, 0.5) is 0 Å². The van der Waals surface area contributed by atoms with E-state index in [1.807, 2.05) is 0 Å². The largest absolute Gasteiger partial charge is 0.397 e. The van der Waals surface area contributed by atoms with Crippen LogP contribution in [-0.2, 0) is 18.3 Å². The first kappa shape index (κ1) is 12.1. The van der Waals surface area contributed by atoms with E-state index in [0.717, 1.165) is 38.7 Å². The molecular formula is C9H19O4Si. The van der Waals surface area contributed by atoms with Crippen molar-refractivity contribution in [1.82, 2.24) is 0 Å². The first-order valence-electron chi connectivity index (χ1n) is 5.00. The van der Waals surface area contributed by atoms with Crippen molar-refractivity contribution in [2.45, 2.75) is 25.0 Å². The molecule has 1 radical (unpaired) electrons. The molecule has 0 aromatic carbocycles. The zero-order valence-corrected chi connectivity index (χ0v) is 9.95. The fourth-order valence-corrected chi connectivity index (χ4v) is 2.25. The molecule has 0 aromatic rings. The van der Waals surface area contributed by atoms with Crippen molar-refractivity contribution in [3.05, 3.63) is 0 Å². The Bertz CT molecular complexity index is 137. The average Bonchev–Trinajstić information content (AvgIpc) is 3.01. The van der Waals surface area contributed by atoms with E-state index in [9.17, 15) is 0 Å². The van der Waals surface area contributed by atoms with Crippen LogP contribution in [-0.4, -0.2) is 49.4 Å². The molecule has 83 valence electrons. The van der Waals surface area contributed by atoms with E-state index in [-0.39, 0.29) is 0 Å². The zero-order valence-electron chi connectivity index (χ0n) is 8.95. The molecule has 0 bridgehead atoms. The predicted molar refractivity (Wildman–Crippen MR) is 54.4 cm³/mol. The second kappa shape index (κ2) is 7.36. The smallest absolute Gasteiger partial charge is 0.384 e. The minimum absolute atomic E-state index is 0.382. The van der Waals surface area contributed by atoms with E-state index in [1.165, 1.54) is 0 Å². The monoisotopic (exact) mass is 219 g/mol. The third kappa shape index (κ3) is 5.72. The fraction of sp³-hybridized carbons (Fsp3) is 1.00. The van der Waals surface area contributed by atoms with Crippen LogP contribution in [0, 0.1) is 0 Å². The molecule has 1 aliphatic heterocycles. The van der Waals surface area contributed by atoms with E-state index in [0.29, 0.717) is 6.10 Å². The summed E-state index contributed by atoms with van der Waals surface area (Å²) in [4.78, 5) is 0. The summed E-state index contributed by atoms with van der Waals surface area (Å²) in [6.07, 6.45) is 2.57. The lowest BCUT2D eigenvalue weighted by Crippen LogP contribution is -2.18. The quantitative estimate of drug-likeness (QED) is 0.329. The normalized spacial score (nSPS) is 20.4. The number of hydrogen-bond acceptors (Lipinski definition) is 4. The molecule has 0 aliphatic carbocycles. The first-order valence-corrected chi connectivity index (χ1v) is 6.52. The van der Waals surface area contributed by atoms with Gasteiger partial charge in [0.1, 0.15) is 6.10 Å². The molecule has 0 saturated carbocycles. The Morgan fingerprint density at radius 1 is 1.29 bits per heavy atom. The Balaban J connectivity index is 1.78. The number of epoxide rings is 1. The molecule has 1 unspecified atom stereocenters. The molecule has 0 N–H and O–H groups in total. The summed E-state index contributed by atoms with van der Waals surface area (Å²) in [6.45, 7) is 2.45. The summed E-state index contributed by atoms with van der Waals surface area (Å²) >= 11 is 0. The van der Waals surface area contributed by atoms with Gasteiger partial charge in [0.2, 0.25) is 0 Å². The topological polar surface area (TPSA) is 40.2 Å². The molecular weight excluding hydrogens is 200 g/mol. The molecule has 0 amide bonds. The molecule has 0 spiro atoms. The summed E-state index contributed by atoms with van der Waals surface area (Å²) in [5.74, 6) is 0. The summed E-state index contributed by atoms with van der Waals surface area (Å²) in [7, 11) is 2.42. The minimum Gasteiger partial charge on any atom is -0.397 e. The van der Waals surface area contributed by atoms with Gasteiger partial charge in [-0.2, -0.15) is 0 Å². The molecule has 14 heavy (non-hydrogen) atoms. The summed E-state index contributed by atoms with van der Waals surface area (Å²) in [5, 5.41) is 0. The Hall–Kier alpha value is 0.0569. The maximum atomic E-state index is 5.41. The van der Waals surface area contributed by atoms with Crippen LogP contribution in [0.2, 0.25) is 6.04 Å². The molecule has 4 nitrogen and oxygen atoms in total. The van der Waals surface area contributed by atoms with E-state index in [4.69, 9.17) is 18.3 Å². The van der Waals surface area contributed by atoms with Crippen molar-refractivity contribution in [2.75, 3.05) is 34.0 Å². The highest BCUT2D eigenvalue weighted by Crippen LogP contribution is 2.09. The van der Waals surface area contributed by atoms with Crippen LogP contribution in [0.15, 0.2) is 0 Å². The molecule has 1 heterocycles. The lowest BCUT2D eigenvalue weighted by Gasteiger charge is -2.08. The van der Waals surface area contributed by atoms with Gasteiger partial charge >= 0.3 is 9.28 Å². The predicted octanol–water partition coefficient (Wildman–Crippen LogP) is 0.963. The number of ether oxygens (including phenoxy) is 2.